The highest BCUT2D eigenvalue weighted by Gasteiger charge is 2.13. The van der Waals surface area contributed by atoms with Crippen molar-refractivity contribution in [3.05, 3.63) is 34.2 Å². The molecule has 0 radical (unpaired) electrons. The second kappa shape index (κ2) is 3.39. The normalized spacial score (nSPS) is 11.5. The second-order valence-electron chi connectivity index (χ2n) is 3.80. The van der Waals surface area contributed by atoms with E-state index < -0.39 is 0 Å². The first-order valence-electron chi connectivity index (χ1n) is 4.74. The van der Waals surface area contributed by atoms with E-state index in [9.17, 15) is 0 Å². The molecule has 0 spiro atoms. The van der Waals surface area contributed by atoms with Crippen molar-refractivity contribution in [1.82, 2.24) is 9.38 Å². The van der Waals surface area contributed by atoms with Gasteiger partial charge in [0.15, 0.2) is 0 Å². The van der Waals surface area contributed by atoms with Gasteiger partial charge in [-0.25, -0.2) is 4.98 Å². The van der Waals surface area contributed by atoms with Gasteiger partial charge in [-0.1, -0.05) is 19.9 Å². The molecule has 0 amide bonds. The Morgan fingerprint density at radius 3 is 2.64 bits per heavy atom. The van der Waals surface area contributed by atoms with Gasteiger partial charge in [-0.05, 0) is 40.9 Å². The lowest BCUT2D eigenvalue weighted by molar-refractivity contribution is 0.825. The van der Waals surface area contributed by atoms with Crippen molar-refractivity contribution < 1.29 is 0 Å². The molecule has 74 valence electrons. The number of imidazole rings is 1. The average molecular weight is 253 g/mol. The maximum absolute atomic E-state index is 4.59. The maximum Gasteiger partial charge on any atom is 0.138 e. The van der Waals surface area contributed by atoms with E-state index in [1.807, 2.05) is 12.1 Å². The average Bonchev–Trinajstić information content (AvgIpc) is 2.45. The highest BCUT2D eigenvalue weighted by Crippen LogP contribution is 2.26. The Morgan fingerprint density at radius 2 is 2.07 bits per heavy atom. The molecule has 0 saturated carbocycles. The Kier molecular flexibility index (Phi) is 2.35. The summed E-state index contributed by atoms with van der Waals surface area (Å²) in [6, 6.07) is 6.15. The van der Waals surface area contributed by atoms with E-state index in [1.54, 1.807) is 0 Å². The molecule has 0 aromatic carbocycles. The SMILES string of the molecule is Cc1cccc2nc(C(C)C)c(Br)n12. The molecule has 2 nitrogen and oxygen atoms in total. The van der Waals surface area contributed by atoms with Crippen LogP contribution in [-0.2, 0) is 0 Å². The van der Waals surface area contributed by atoms with Gasteiger partial charge in [-0.15, -0.1) is 0 Å². The topological polar surface area (TPSA) is 17.3 Å². The summed E-state index contributed by atoms with van der Waals surface area (Å²) in [7, 11) is 0. The van der Waals surface area contributed by atoms with E-state index in [0.29, 0.717) is 5.92 Å². The van der Waals surface area contributed by atoms with Gasteiger partial charge in [0.25, 0.3) is 0 Å². The van der Waals surface area contributed by atoms with Crippen molar-refractivity contribution in [2.45, 2.75) is 26.7 Å². The van der Waals surface area contributed by atoms with Gasteiger partial charge >= 0.3 is 0 Å². The number of halogens is 1. The standard InChI is InChI=1S/C11H13BrN2/c1-7(2)10-11(12)14-8(3)5-4-6-9(14)13-10/h4-7H,1-3H3. The Hall–Kier alpha value is -0.830. The molecule has 2 heterocycles. The Labute approximate surface area is 92.1 Å². The minimum atomic E-state index is 0.448. The van der Waals surface area contributed by atoms with Crippen LogP contribution < -0.4 is 0 Å². The van der Waals surface area contributed by atoms with Crippen LogP contribution in [0.2, 0.25) is 0 Å². The van der Waals surface area contributed by atoms with Crippen LogP contribution >= 0.6 is 15.9 Å². The molecule has 3 heteroatoms. The van der Waals surface area contributed by atoms with E-state index in [4.69, 9.17) is 0 Å². The lowest BCUT2D eigenvalue weighted by Gasteiger charge is -2.01. The Morgan fingerprint density at radius 1 is 1.36 bits per heavy atom. The molecule has 0 saturated heterocycles. The zero-order chi connectivity index (χ0) is 10.3. The summed E-state index contributed by atoms with van der Waals surface area (Å²) in [5.74, 6) is 0.448. The number of rotatable bonds is 1. The minimum absolute atomic E-state index is 0.448. The first-order valence-corrected chi connectivity index (χ1v) is 5.54. The van der Waals surface area contributed by atoms with Crippen LogP contribution in [0.5, 0.6) is 0 Å². The smallest absolute Gasteiger partial charge is 0.138 e. The molecule has 0 N–H and O–H groups in total. The van der Waals surface area contributed by atoms with Gasteiger partial charge in [0.2, 0.25) is 0 Å². The van der Waals surface area contributed by atoms with Gasteiger partial charge in [0.05, 0.1) is 5.69 Å². The molecule has 2 aromatic heterocycles. The Bertz CT molecular complexity index is 471. The molecule has 2 rings (SSSR count). The summed E-state index contributed by atoms with van der Waals surface area (Å²) in [4.78, 5) is 4.59. The van der Waals surface area contributed by atoms with Crippen LogP contribution in [0.3, 0.4) is 0 Å². The van der Waals surface area contributed by atoms with Gasteiger partial charge in [-0.3, -0.25) is 4.40 Å². The molecule has 0 bridgehead atoms. The van der Waals surface area contributed by atoms with E-state index >= 15 is 0 Å². The Balaban J connectivity index is 2.81. The van der Waals surface area contributed by atoms with Crippen LogP contribution in [0.25, 0.3) is 5.65 Å². The highest BCUT2D eigenvalue weighted by molar-refractivity contribution is 9.10. The predicted molar refractivity (Wildman–Crippen MR) is 61.7 cm³/mol. The molecule has 0 fully saturated rings. The molecule has 2 aromatic rings. The quantitative estimate of drug-likeness (QED) is 0.759. The zero-order valence-corrected chi connectivity index (χ0v) is 10.2. The van der Waals surface area contributed by atoms with E-state index in [1.165, 1.54) is 5.69 Å². The number of aryl methyl sites for hydroxylation is 1. The van der Waals surface area contributed by atoms with Crippen LogP contribution in [0.4, 0.5) is 0 Å². The summed E-state index contributed by atoms with van der Waals surface area (Å²) in [5.41, 5.74) is 3.34. The first kappa shape index (κ1) is 9.71. The molecular formula is C11H13BrN2. The summed E-state index contributed by atoms with van der Waals surface area (Å²) in [6.07, 6.45) is 0. The van der Waals surface area contributed by atoms with Gasteiger partial charge in [0.1, 0.15) is 10.3 Å². The number of pyridine rings is 1. The molecular weight excluding hydrogens is 240 g/mol. The zero-order valence-electron chi connectivity index (χ0n) is 8.58. The van der Waals surface area contributed by atoms with Crippen LogP contribution in [-0.4, -0.2) is 9.38 Å². The number of nitrogens with zero attached hydrogens (tertiary/aromatic N) is 2. The van der Waals surface area contributed by atoms with Crippen molar-refractivity contribution in [3.63, 3.8) is 0 Å². The highest BCUT2D eigenvalue weighted by atomic mass is 79.9. The summed E-state index contributed by atoms with van der Waals surface area (Å²) in [5, 5.41) is 0. The van der Waals surface area contributed by atoms with Gasteiger partial charge in [0, 0.05) is 5.69 Å². The first-order chi connectivity index (χ1) is 6.61. The molecule has 0 unspecified atom stereocenters. The van der Waals surface area contributed by atoms with Crippen LogP contribution in [0.1, 0.15) is 31.2 Å². The van der Waals surface area contributed by atoms with Crippen LogP contribution in [0, 0.1) is 6.92 Å². The number of aromatic nitrogens is 2. The van der Waals surface area contributed by atoms with E-state index in [-0.39, 0.29) is 0 Å². The lowest BCUT2D eigenvalue weighted by atomic mass is 10.2. The molecule has 0 aliphatic rings. The number of hydrogen-bond donors (Lipinski definition) is 0. The van der Waals surface area contributed by atoms with Crippen molar-refractivity contribution in [3.8, 4) is 0 Å². The van der Waals surface area contributed by atoms with Crippen molar-refractivity contribution in [2.24, 2.45) is 0 Å². The van der Waals surface area contributed by atoms with Crippen molar-refractivity contribution in [1.29, 1.82) is 0 Å². The third kappa shape index (κ3) is 1.36. The third-order valence-corrected chi connectivity index (χ3v) is 3.11. The fourth-order valence-electron chi connectivity index (χ4n) is 1.60. The lowest BCUT2D eigenvalue weighted by Crippen LogP contribution is -1.91. The van der Waals surface area contributed by atoms with Crippen molar-refractivity contribution >= 4 is 21.6 Å². The fraction of sp³-hybridized carbons (Fsp3) is 0.364. The molecule has 14 heavy (non-hydrogen) atoms. The predicted octanol–water partition coefficient (Wildman–Crippen LogP) is 3.53. The monoisotopic (exact) mass is 252 g/mol. The second-order valence-corrected chi connectivity index (χ2v) is 4.55. The number of fused-ring (bicyclic) bond motifs is 1. The largest absolute Gasteiger partial charge is 0.291 e. The van der Waals surface area contributed by atoms with Gasteiger partial charge in [-0.2, -0.15) is 0 Å². The van der Waals surface area contributed by atoms with Gasteiger partial charge < -0.3 is 0 Å². The number of hydrogen-bond acceptors (Lipinski definition) is 1. The molecule has 0 aliphatic heterocycles. The minimum Gasteiger partial charge on any atom is -0.291 e. The summed E-state index contributed by atoms with van der Waals surface area (Å²) < 4.78 is 3.22. The third-order valence-electron chi connectivity index (χ3n) is 2.35. The van der Waals surface area contributed by atoms with Crippen molar-refractivity contribution in [2.75, 3.05) is 0 Å². The van der Waals surface area contributed by atoms with Crippen LogP contribution in [0.15, 0.2) is 22.8 Å². The van der Waals surface area contributed by atoms with E-state index in [2.05, 4.69) is 52.2 Å². The maximum atomic E-state index is 4.59. The molecule has 0 atom stereocenters. The molecule has 0 aliphatic carbocycles. The summed E-state index contributed by atoms with van der Waals surface area (Å²) >= 11 is 3.60. The van der Waals surface area contributed by atoms with E-state index in [0.717, 1.165) is 15.9 Å². The fourth-order valence-corrected chi connectivity index (χ4v) is 2.61. The summed E-state index contributed by atoms with van der Waals surface area (Å²) in [6.45, 7) is 6.40.